The number of amides is 1. The molecular formula is C17H17N5O3S. The van der Waals surface area contributed by atoms with Crippen molar-refractivity contribution in [1.82, 2.24) is 14.9 Å². The second kappa shape index (κ2) is 7.44. The van der Waals surface area contributed by atoms with E-state index in [9.17, 15) is 9.59 Å². The average Bonchev–Trinajstić information content (AvgIpc) is 3.26. The highest BCUT2D eigenvalue weighted by atomic mass is 32.2. The highest BCUT2D eigenvalue weighted by molar-refractivity contribution is 8.00. The molecule has 1 unspecified atom stereocenters. The molecule has 1 aromatic carbocycles. The van der Waals surface area contributed by atoms with Gasteiger partial charge in [-0.05, 0) is 50.2 Å². The molecule has 0 saturated heterocycles. The molecule has 8 nitrogen and oxygen atoms in total. The fourth-order valence-corrected chi connectivity index (χ4v) is 2.95. The standard InChI is InChI=1S/C17H17N5O3S/c1-10(23)12-5-7-13(8-6-12)19-16(24)11(2)26-17-21-20-15(22(17)18)14-4-3-9-25-14/h3-9,11H,18H2,1-2H3,(H,19,24). The van der Waals surface area contributed by atoms with Gasteiger partial charge in [0, 0.05) is 11.3 Å². The number of carbonyl (C=O) groups is 2. The van der Waals surface area contributed by atoms with Gasteiger partial charge in [0.2, 0.25) is 16.9 Å². The number of ketones is 1. The summed E-state index contributed by atoms with van der Waals surface area (Å²) in [4.78, 5) is 23.7. The number of nitrogens with zero attached hydrogens (tertiary/aromatic N) is 3. The first-order chi connectivity index (χ1) is 12.5. The monoisotopic (exact) mass is 371 g/mol. The van der Waals surface area contributed by atoms with Gasteiger partial charge in [0.15, 0.2) is 11.5 Å². The normalized spacial score (nSPS) is 11.9. The third-order valence-corrected chi connectivity index (χ3v) is 4.67. The van der Waals surface area contributed by atoms with Crippen LogP contribution in [-0.4, -0.2) is 31.8 Å². The van der Waals surface area contributed by atoms with Crippen molar-refractivity contribution in [3.05, 3.63) is 48.2 Å². The zero-order valence-corrected chi connectivity index (χ0v) is 15.0. The second-order valence-corrected chi connectivity index (χ2v) is 6.84. The third kappa shape index (κ3) is 3.77. The number of Topliss-reactive ketones (excluding diaryl/α,β-unsaturated/α-hetero) is 1. The highest BCUT2D eigenvalue weighted by Crippen LogP contribution is 2.25. The predicted molar refractivity (Wildman–Crippen MR) is 98.3 cm³/mol. The van der Waals surface area contributed by atoms with Crippen molar-refractivity contribution in [3.63, 3.8) is 0 Å². The second-order valence-electron chi connectivity index (χ2n) is 5.54. The summed E-state index contributed by atoms with van der Waals surface area (Å²) in [5.74, 6) is 6.62. The molecule has 2 heterocycles. The van der Waals surface area contributed by atoms with Gasteiger partial charge in [-0.3, -0.25) is 9.59 Å². The minimum atomic E-state index is -0.460. The number of aromatic nitrogens is 3. The van der Waals surface area contributed by atoms with Crippen molar-refractivity contribution >= 4 is 29.1 Å². The number of carbonyl (C=O) groups excluding carboxylic acids is 2. The van der Waals surface area contributed by atoms with Crippen LogP contribution >= 0.6 is 11.8 Å². The predicted octanol–water partition coefficient (Wildman–Crippen LogP) is 2.57. The topological polar surface area (TPSA) is 116 Å². The molecule has 0 aliphatic rings. The van der Waals surface area contributed by atoms with Crippen LogP contribution < -0.4 is 11.2 Å². The first kappa shape index (κ1) is 17.7. The van der Waals surface area contributed by atoms with Crippen LogP contribution in [0.25, 0.3) is 11.6 Å². The van der Waals surface area contributed by atoms with Crippen LogP contribution in [0.15, 0.2) is 52.2 Å². The lowest BCUT2D eigenvalue weighted by Crippen LogP contribution is -2.23. The van der Waals surface area contributed by atoms with E-state index < -0.39 is 5.25 Å². The molecule has 0 aliphatic carbocycles. The van der Waals surface area contributed by atoms with Crippen molar-refractivity contribution in [3.8, 4) is 11.6 Å². The van der Waals surface area contributed by atoms with E-state index in [1.165, 1.54) is 29.6 Å². The minimum absolute atomic E-state index is 0.0264. The smallest absolute Gasteiger partial charge is 0.237 e. The molecule has 0 fully saturated rings. The number of thioether (sulfide) groups is 1. The SMILES string of the molecule is CC(=O)c1ccc(NC(=O)C(C)Sc2nnc(-c3ccco3)n2N)cc1. The maximum absolute atomic E-state index is 12.4. The van der Waals surface area contributed by atoms with Crippen LogP contribution in [0.5, 0.6) is 0 Å². The fourth-order valence-electron chi connectivity index (χ4n) is 2.18. The van der Waals surface area contributed by atoms with Gasteiger partial charge in [-0.25, -0.2) is 4.68 Å². The Hall–Kier alpha value is -3.07. The van der Waals surface area contributed by atoms with Crippen LogP contribution in [0.1, 0.15) is 24.2 Å². The van der Waals surface area contributed by atoms with E-state index >= 15 is 0 Å². The first-order valence-corrected chi connectivity index (χ1v) is 8.66. The van der Waals surface area contributed by atoms with E-state index in [4.69, 9.17) is 10.3 Å². The van der Waals surface area contributed by atoms with Gasteiger partial charge in [0.1, 0.15) is 0 Å². The number of nitrogen functional groups attached to an aromatic ring is 1. The van der Waals surface area contributed by atoms with E-state index in [-0.39, 0.29) is 11.7 Å². The molecule has 26 heavy (non-hydrogen) atoms. The largest absolute Gasteiger partial charge is 0.461 e. The van der Waals surface area contributed by atoms with E-state index in [0.717, 1.165) is 0 Å². The summed E-state index contributed by atoms with van der Waals surface area (Å²) in [6.07, 6.45) is 1.52. The van der Waals surface area contributed by atoms with Crippen LogP contribution in [-0.2, 0) is 4.79 Å². The lowest BCUT2D eigenvalue weighted by molar-refractivity contribution is -0.115. The lowest BCUT2D eigenvalue weighted by Gasteiger charge is -2.11. The Balaban J connectivity index is 1.65. The van der Waals surface area contributed by atoms with Gasteiger partial charge in [-0.1, -0.05) is 11.8 Å². The van der Waals surface area contributed by atoms with E-state index in [1.54, 1.807) is 43.3 Å². The average molecular weight is 371 g/mol. The Labute approximate surface area is 153 Å². The first-order valence-electron chi connectivity index (χ1n) is 7.78. The molecule has 3 rings (SSSR count). The molecule has 1 atom stereocenters. The third-order valence-electron chi connectivity index (χ3n) is 3.62. The van der Waals surface area contributed by atoms with Crippen molar-refractivity contribution in [2.24, 2.45) is 0 Å². The maximum Gasteiger partial charge on any atom is 0.237 e. The summed E-state index contributed by atoms with van der Waals surface area (Å²) < 4.78 is 6.54. The summed E-state index contributed by atoms with van der Waals surface area (Å²) in [7, 11) is 0. The molecule has 0 radical (unpaired) electrons. The highest BCUT2D eigenvalue weighted by Gasteiger charge is 2.21. The molecule has 0 aliphatic heterocycles. The fraction of sp³-hybridized carbons (Fsp3) is 0.176. The molecule has 3 aromatic rings. The number of hydrogen-bond donors (Lipinski definition) is 2. The molecule has 2 aromatic heterocycles. The summed E-state index contributed by atoms with van der Waals surface area (Å²) in [5, 5.41) is 10.7. The molecule has 9 heteroatoms. The Morgan fingerprint density at radius 1 is 1.23 bits per heavy atom. The number of furan rings is 1. The lowest BCUT2D eigenvalue weighted by atomic mass is 10.1. The van der Waals surface area contributed by atoms with Gasteiger partial charge < -0.3 is 15.6 Å². The van der Waals surface area contributed by atoms with Gasteiger partial charge in [-0.15, -0.1) is 10.2 Å². The summed E-state index contributed by atoms with van der Waals surface area (Å²) in [6, 6.07) is 10.2. The van der Waals surface area contributed by atoms with Crippen LogP contribution in [0.4, 0.5) is 5.69 Å². The molecular weight excluding hydrogens is 354 g/mol. The molecule has 0 bridgehead atoms. The van der Waals surface area contributed by atoms with E-state index in [0.29, 0.717) is 28.0 Å². The van der Waals surface area contributed by atoms with Gasteiger partial charge >= 0.3 is 0 Å². The van der Waals surface area contributed by atoms with Crippen LogP contribution in [0.3, 0.4) is 0 Å². The maximum atomic E-state index is 12.4. The zero-order valence-electron chi connectivity index (χ0n) is 14.2. The van der Waals surface area contributed by atoms with Crippen LogP contribution in [0, 0.1) is 0 Å². The van der Waals surface area contributed by atoms with Crippen molar-refractivity contribution in [2.75, 3.05) is 11.2 Å². The number of rotatable bonds is 6. The number of nitrogens with two attached hydrogens (primary N) is 1. The van der Waals surface area contributed by atoms with Crippen molar-refractivity contribution in [2.45, 2.75) is 24.3 Å². The summed E-state index contributed by atoms with van der Waals surface area (Å²) in [5.41, 5.74) is 1.20. The Kier molecular flexibility index (Phi) is 5.08. The molecule has 0 spiro atoms. The molecule has 3 N–H and O–H groups in total. The zero-order chi connectivity index (χ0) is 18.7. The number of anilines is 1. The van der Waals surface area contributed by atoms with Crippen molar-refractivity contribution in [1.29, 1.82) is 0 Å². The van der Waals surface area contributed by atoms with E-state index in [2.05, 4.69) is 15.5 Å². The Bertz CT molecular complexity index is 919. The minimum Gasteiger partial charge on any atom is -0.461 e. The van der Waals surface area contributed by atoms with Gasteiger partial charge in [-0.2, -0.15) is 0 Å². The van der Waals surface area contributed by atoms with Gasteiger partial charge in [0.25, 0.3) is 0 Å². The Morgan fingerprint density at radius 2 is 1.96 bits per heavy atom. The number of nitrogens with one attached hydrogen (secondary N) is 1. The number of benzene rings is 1. The summed E-state index contributed by atoms with van der Waals surface area (Å²) in [6.45, 7) is 3.23. The Morgan fingerprint density at radius 3 is 2.58 bits per heavy atom. The van der Waals surface area contributed by atoms with Gasteiger partial charge in [0.05, 0.1) is 11.5 Å². The van der Waals surface area contributed by atoms with E-state index in [1.807, 2.05) is 0 Å². The van der Waals surface area contributed by atoms with Crippen molar-refractivity contribution < 1.29 is 14.0 Å². The number of hydrogen-bond acceptors (Lipinski definition) is 7. The quantitative estimate of drug-likeness (QED) is 0.388. The summed E-state index contributed by atoms with van der Waals surface area (Å²) >= 11 is 1.18. The van der Waals surface area contributed by atoms with Crippen LogP contribution in [0.2, 0.25) is 0 Å². The molecule has 0 saturated carbocycles. The molecule has 1 amide bonds. The molecule has 134 valence electrons.